The van der Waals surface area contributed by atoms with E-state index >= 15 is 0 Å². The van der Waals surface area contributed by atoms with Crippen molar-refractivity contribution in [2.24, 2.45) is 21.5 Å². The van der Waals surface area contributed by atoms with Crippen molar-refractivity contribution in [1.82, 2.24) is 9.80 Å². The van der Waals surface area contributed by atoms with E-state index in [0.29, 0.717) is 18.1 Å². The first kappa shape index (κ1) is 36.0. The SMILES string of the molecule is C=C1CCc2cc(N=C(N)c3cccs3)ccc2N1CCN(C)C.CN(C)CCCN1C(=O)CCc2cc(N=C(N)c3cccs3)ccc21. The highest BCUT2D eigenvalue weighted by Gasteiger charge is 2.24. The molecule has 9 nitrogen and oxygen atoms in total. The Labute approximate surface area is 298 Å². The lowest BCUT2D eigenvalue weighted by atomic mass is 9.99. The summed E-state index contributed by atoms with van der Waals surface area (Å²) in [6.45, 7) is 7.92. The zero-order chi connectivity index (χ0) is 34.9. The fourth-order valence-electron chi connectivity index (χ4n) is 5.91. The Bertz CT molecular complexity index is 1780. The maximum absolute atomic E-state index is 12.3. The van der Waals surface area contributed by atoms with Crippen molar-refractivity contribution in [3.8, 4) is 0 Å². The van der Waals surface area contributed by atoms with Crippen LogP contribution in [0.15, 0.2) is 93.7 Å². The zero-order valence-corrected chi connectivity index (χ0v) is 30.7. The number of amidine groups is 2. The first-order chi connectivity index (χ1) is 23.6. The van der Waals surface area contributed by atoms with Gasteiger partial charge in [0.05, 0.1) is 21.1 Å². The van der Waals surface area contributed by atoms with Crippen LogP contribution in [0.5, 0.6) is 0 Å². The highest BCUT2D eigenvalue weighted by molar-refractivity contribution is 7.12. The first-order valence-corrected chi connectivity index (χ1v) is 18.4. The lowest BCUT2D eigenvalue weighted by Gasteiger charge is -2.34. The maximum Gasteiger partial charge on any atom is 0.227 e. The Morgan fingerprint density at radius 1 is 0.735 bits per heavy atom. The Morgan fingerprint density at radius 3 is 1.78 bits per heavy atom. The van der Waals surface area contributed by atoms with Gasteiger partial charge in [-0.05, 0) is 131 Å². The first-order valence-electron chi connectivity index (χ1n) is 16.7. The van der Waals surface area contributed by atoms with E-state index in [0.717, 1.165) is 78.7 Å². The average molecular weight is 697 g/mol. The Hall–Kier alpha value is -4.29. The number of hydrogen-bond donors (Lipinski definition) is 2. The summed E-state index contributed by atoms with van der Waals surface area (Å²) in [6.07, 6.45) is 4.29. The number of aliphatic imine (C=N–C) groups is 2. The summed E-state index contributed by atoms with van der Waals surface area (Å²) in [5.41, 5.74) is 19.9. The third-order valence-corrected chi connectivity index (χ3v) is 10.3. The molecule has 4 aromatic rings. The number of carbonyl (C=O) groups is 1. The van der Waals surface area contributed by atoms with Crippen molar-refractivity contribution in [2.45, 2.75) is 32.1 Å². The number of rotatable bonds is 11. The minimum atomic E-state index is 0.209. The molecule has 11 heteroatoms. The van der Waals surface area contributed by atoms with E-state index < -0.39 is 0 Å². The molecular weight excluding hydrogens is 649 g/mol. The van der Waals surface area contributed by atoms with Crippen LogP contribution in [0, 0.1) is 0 Å². The second-order valence-electron chi connectivity index (χ2n) is 12.8. The average Bonchev–Trinajstić information content (AvgIpc) is 3.81. The number of thiophene rings is 2. The van der Waals surface area contributed by atoms with Crippen LogP contribution in [0.25, 0.3) is 0 Å². The third-order valence-electron chi connectivity index (χ3n) is 8.49. The number of benzene rings is 2. The summed E-state index contributed by atoms with van der Waals surface area (Å²) in [5, 5.41) is 4.00. The molecule has 0 bridgehead atoms. The molecule has 0 radical (unpaired) electrons. The molecule has 1 amide bonds. The van der Waals surface area contributed by atoms with Gasteiger partial charge in [0.25, 0.3) is 0 Å². The summed E-state index contributed by atoms with van der Waals surface area (Å²) >= 11 is 3.19. The van der Waals surface area contributed by atoms with E-state index in [1.165, 1.54) is 22.5 Å². The van der Waals surface area contributed by atoms with Crippen LogP contribution in [0.3, 0.4) is 0 Å². The molecule has 0 spiro atoms. The molecule has 0 fully saturated rings. The van der Waals surface area contributed by atoms with Gasteiger partial charge < -0.3 is 31.1 Å². The zero-order valence-electron chi connectivity index (χ0n) is 29.1. The number of nitrogens with zero attached hydrogens (tertiary/aromatic N) is 6. The van der Waals surface area contributed by atoms with Crippen LogP contribution in [-0.4, -0.2) is 81.7 Å². The number of hydrogen-bond acceptors (Lipinski definition) is 8. The van der Waals surface area contributed by atoms with Gasteiger partial charge in [0, 0.05) is 43.1 Å². The van der Waals surface area contributed by atoms with E-state index in [2.05, 4.69) is 63.6 Å². The molecule has 4 heterocycles. The van der Waals surface area contributed by atoms with Crippen molar-refractivity contribution >= 4 is 63.0 Å². The lowest BCUT2D eigenvalue weighted by molar-refractivity contribution is -0.118. The fraction of sp³-hybridized carbons (Fsp3) is 0.342. The van der Waals surface area contributed by atoms with Crippen molar-refractivity contribution in [3.63, 3.8) is 0 Å². The standard InChI is InChI=1S/C19H24N4OS.C19H24N4S/c1-22(2)10-4-11-23-16-8-7-15(13-14(16)6-9-18(23)24)21-19(20)17-5-3-12-25-17;1-14-6-7-15-13-16(21-19(20)18-5-4-12-24-18)8-9-17(15)23(14)11-10-22(2)3/h3,5,7-8,12-13H,4,6,9-11H2,1-2H3,(H2,20,21);4-5,8-9,12-13H,1,6-7,10-11H2,2-3H3,(H2,20,21). The second-order valence-corrected chi connectivity index (χ2v) is 14.7. The van der Waals surface area contributed by atoms with Crippen molar-refractivity contribution in [3.05, 3.63) is 105 Å². The molecule has 0 unspecified atom stereocenters. The number of aryl methyl sites for hydroxylation is 2. The maximum atomic E-state index is 12.3. The largest absolute Gasteiger partial charge is 0.383 e. The van der Waals surface area contributed by atoms with Gasteiger partial charge in [-0.2, -0.15) is 0 Å². The molecule has 6 rings (SSSR count). The number of likely N-dealkylation sites (N-methyl/N-ethyl adjacent to an activating group) is 1. The van der Waals surface area contributed by atoms with E-state index in [4.69, 9.17) is 11.5 Å². The summed E-state index contributed by atoms with van der Waals surface area (Å²) in [5.74, 6) is 1.32. The summed E-state index contributed by atoms with van der Waals surface area (Å²) in [7, 11) is 8.29. The van der Waals surface area contributed by atoms with Gasteiger partial charge in [-0.25, -0.2) is 9.98 Å². The minimum absolute atomic E-state index is 0.209. The Balaban J connectivity index is 0.000000191. The van der Waals surface area contributed by atoms with Gasteiger partial charge in [-0.15, -0.1) is 22.7 Å². The third kappa shape index (κ3) is 9.66. The predicted octanol–water partition coefficient (Wildman–Crippen LogP) is 6.63. The predicted molar refractivity (Wildman–Crippen MR) is 209 cm³/mol. The smallest absolute Gasteiger partial charge is 0.227 e. The highest BCUT2D eigenvalue weighted by Crippen LogP contribution is 2.35. The van der Waals surface area contributed by atoms with Crippen LogP contribution in [0.2, 0.25) is 0 Å². The molecule has 2 aliphatic rings. The summed E-state index contributed by atoms with van der Waals surface area (Å²) in [4.78, 5) is 32.0. The van der Waals surface area contributed by atoms with Gasteiger partial charge in [0.2, 0.25) is 5.91 Å². The van der Waals surface area contributed by atoms with Crippen molar-refractivity contribution in [1.29, 1.82) is 0 Å². The number of carbonyl (C=O) groups excluding carboxylic acids is 1. The molecule has 2 aromatic carbocycles. The molecule has 2 aromatic heterocycles. The van der Waals surface area contributed by atoms with Gasteiger partial charge in [-0.1, -0.05) is 18.7 Å². The minimum Gasteiger partial charge on any atom is -0.383 e. The number of fused-ring (bicyclic) bond motifs is 2. The van der Waals surface area contributed by atoms with Crippen molar-refractivity contribution in [2.75, 3.05) is 64.2 Å². The molecule has 2 aliphatic heterocycles. The molecule has 49 heavy (non-hydrogen) atoms. The molecule has 0 saturated carbocycles. The monoisotopic (exact) mass is 696 g/mol. The van der Waals surface area contributed by atoms with Crippen LogP contribution < -0.4 is 21.3 Å². The fourth-order valence-corrected chi connectivity index (χ4v) is 7.17. The van der Waals surface area contributed by atoms with Crippen molar-refractivity contribution < 1.29 is 4.79 Å². The quantitative estimate of drug-likeness (QED) is 0.135. The molecular formula is C38H48N8OS2. The van der Waals surface area contributed by atoms with E-state index in [-0.39, 0.29) is 5.91 Å². The second kappa shape index (κ2) is 16.9. The van der Waals surface area contributed by atoms with Gasteiger partial charge in [0.15, 0.2) is 0 Å². The lowest BCUT2D eigenvalue weighted by Crippen LogP contribution is -2.36. The number of allylic oxidation sites excluding steroid dienone is 1. The van der Waals surface area contributed by atoms with E-state index in [9.17, 15) is 4.79 Å². The summed E-state index contributed by atoms with van der Waals surface area (Å²) in [6, 6.07) is 20.3. The number of anilines is 2. The number of amides is 1. The topological polar surface area (TPSA) is 107 Å². The van der Waals surface area contributed by atoms with Crippen LogP contribution in [0.4, 0.5) is 22.7 Å². The van der Waals surface area contributed by atoms with Crippen LogP contribution >= 0.6 is 22.7 Å². The van der Waals surface area contributed by atoms with Crippen LogP contribution in [0.1, 0.15) is 40.1 Å². The van der Waals surface area contributed by atoms with Gasteiger partial charge >= 0.3 is 0 Å². The normalized spacial score (nSPS) is 15.0. The molecule has 0 atom stereocenters. The number of nitrogens with two attached hydrogens (primary N) is 2. The Kier molecular flexibility index (Phi) is 12.4. The molecule has 258 valence electrons. The Morgan fingerprint density at radius 2 is 1.27 bits per heavy atom. The van der Waals surface area contributed by atoms with Gasteiger partial charge in [-0.3, -0.25) is 4.79 Å². The van der Waals surface area contributed by atoms with Gasteiger partial charge in [0.1, 0.15) is 11.7 Å². The molecule has 0 saturated heterocycles. The summed E-state index contributed by atoms with van der Waals surface area (Å²) < 4.78 is 0. The van der Waals surface area contributed by atoms with E-state index in [1.807, 2.05) is 72.2 Å². The van der Waals surface area contributed by atoms with Crippen LogP contribution in [-0.2, 0) is 17.6 Å². The molecule has 4 N–H and O–H groups in total. The highest BCUT2D eigenvalue weighted by atomic mass is 32.1. The molecule has 0 aliphatic carbocycles. The van der Waals surface area contributed by atoms with E-state index in [1.54, 1.807) is 22.7 Å².